The molecule has 20 heavy (non-hydrogen) atoms. The predicted octanol–water partition coefficient (Wildman–Crippen LogP) is 4.58. The molecule has 0 amide bonds. The predicted molar refractivity (Wildman–Crippen MR) is 74.5 cm³/mol. The van der Waals surface area contributed by atoms with Gasteiger partial charge in [0.15, 0.2) is 0 Å². The van der Waals surface area contributed by atoms with Crippen LogP contribution in [0.25, 0.3) is 0 Å². The number of piperidine rings is 1. The highest BCUT2D eigenvalue weighted by atomic mass is 79.9. The second-order valence-corrected chi connectivity index (χ2v) is 6.17. The highest BCUT2D eigenvalue weighted by molar-refractivity contribution is 9.10. The van der Waals surface area contributed by atoms with Crippen LogP contribution < -0.4 is 4.74 Å². The number of nitrogens with zero attached hydrogens (tertiary/aromatic N) is 1. The molecule has 0 bridgehead atoms. The van der Waals surface area contributed by atoms with Crippen molar-refractivity contribution < 1.29 is 17.9 Å². The van der Waals surface area contributed by atoms with Gasteiger partial charge in [-0.05, 0) is 44.0 Å². The van der Waals surface area contributed by atoms with Gasteiger partial charge in [0.25, 0.3) is 0 Å². The van der Waals surface area contributed by atoms with Gasteiger partial charge < -0.3 is 4.74 Å². The molecule has 1 aliphatic heterocycles. The van der Waals surface area contributed by atoms with Gasteiger partial charge in [0, 0.05) is 16.6 Å². The lowest BCUT2D eigenvalue weighted by Crippen LogP contribution is -2.32. The number of rotatable bonds is 3. The Hall–Kier alpha value is -0.750. The zero-order valence-corrected chi connectivity index (χ0v) is 12.8. The van der Waals surface area contributed by atoms with E-state index in [-0.39, 0.29) is 5.75 Å². The highest BCUT2D eigenvalue weighted by Gasteiger charge is 2.32. The van der Waals surface area contributed by atoms with Gasteiger partial charge in [0.05, 0.1) is 0 Å². The summed E-state index contributed by atoms with van der Waals surface area (Å²) in [6.45, 7) is 4.53. The van der Waals surface area contributed by atoms with Crippen LogP contribution >= 0.6 is 15.9 Å². The Morgan fingerprint density at radius 2 is 1.95 bits per heavy atom. The summed E-state index contributed by atoms with van der Waals surface area (Å²) in [7, 11) is 0. The lowest BCUT2D eigenvalue weighted by atomic mass is 9.99. The van der Waals surface area contributed by atoms with Crippen LogP contribution in [0.1, 0.15) is 25.3 Å². The maximum atomic E-state index is 12.4. The van der Waals surface area contributed by atoms with Crippen molar-refractivity contribution in [3.8, 4) is 5.75 Å². The minimum Gasteiger partial charge on any atom is -0.405 e. The Balaban J connectivity index is 2.10. The van der Waals surface area contributed by atoms with Gasteiger partial charge in [-0.1, -0.05) is 28.9 Å². The molecule has 0 aliphatic carbocycles. The van der Waals surface area contributed by atoms with Crippen LogP contribution in [-0.4, -0.2) is 24.4 Å². The monoisotopic (exact) mass is 351 g/mol. The first-order chi connectivity index (χ1) is 9.33. The van der Waals surface area contributed by atoms with Crippen LogP contribution in [0.15, 0.2) is 22.7 Å². The van der Waals surface area contributed by atoms with Crippen LogP contribution in [0.4, 0.5) is 13.2 Å². The molecule has 1 aromatic carbocycles. The van der Waals surface area contributed by atoms with Crippen LogP contribution in [0.3, 0.4) is 0 Å². The third-order valence-electron chi connectivity index (χ3n) is 3.53. The summed E-state index contributed by atoms with van der Waals surface area (Å²) in [5.74, 6) is 0.576. The summed E-state index contributed by atoms with van der Waals surface area (Å²) in [6.07, 6.45) is -2.48. The van der Waals surface area contributed by atoms with Crippen molar-refractivity contribution in [1.29, 1.82) is 0 Å². The minimum absolute atomic E-state index is 0.120. The lowest BCUT2D eigenvalue weighted by Gasteiger charge is -2.30. The average molecular weight is 352 g/mol. The molecule has 6 heteroatoms. The standard InChI is InChI=1S/C14H17BrF3NO/c1-10-4-6-19(7-5-10)9-11-2-3-12(15)8-13(11)20-14(16,17)18/h2-3,8,10H,4-7,9H2,1H3. The summed E-state index contributed by atoms with van der Waals surface area (Å²) in [6, 6.07) is 4.80. The number of ether oxygens (including phenoxy) is 1. The van der Waals surface area contributed by atoms with Gasteiger partial charge in [-0.2, -0.15) is 0 Å². The molecule has 0 atom stereocenters. The number of alkyl halides is 3. The molecule has 1 heterocycles. The largest absolute Gasteiger partial charge is 0.573 e. The van der Waals surface area contributed by atoms with Crippen molar-refractivity contribution in [3.63, 3.8) is 0 Å². The quantitative estimate of drug-likeness (QED) is 0.790. The van der Waals surface area contributed by atoms with Crippen molar-refractivity contribution in [2.24, 2.45) is 5.92 Å². The Morgan fingerprint density at radius 3 is 2.55 bits per heavy atom. The molecular formula is C14H17BrF3NO. The summed E-state index contributed by atoms with van der Waals surface area (Å²) in [5.41, 5.74) is 0.570. The van der Waals surface area contributed by atoms with Crippen LogP contribution in [-0.2, 0) is 6.54 Å². The van der Waals surface area contributed by atoms with Crippen molar-refractivity contribution >= 4 is 15.9 Å². The van der Waals surface area contributed by atoms with Gasteiger partial charge in [-0.25, -0.2) is 0 Å². The molecule has 2 nitrogen and oxygen atoms in total. The van der Waals surface area contributed by atoms with E-state index in [0.717, 1.165) is 25.9 Å². The number of hydrogen-bond acceptors (Lipinski definition) is 2. The van der Waals surface area contributed by atoms with E-state index in [2.05, 4.69) is 32.5 Å². The Kier molecular flexibility index (Phi) is 4.96. The van der Waals surface area contributed by atoms with Crippen molar-refractivity contribution in [1.82, 2.24) is 4.90 Å². The van der Waals surface area contributed by atoms with Crippen LogP contribution in [0.5, 0.6) is 5.75 Å². The average Bonchev–Trinajstić information content (AvgIpc) is 2.33. The molecule has 1 aromatic rings. The van der Waals surface area contributed by atoms with Crippen molar-refractivity contribution in [2.75, 3.05) is 13.1 Å². The fourth-order valence-corrected chi connectivity index (χ4v) is 2.68. The van der Waals surface area contributed by atoms with E-state index in [0.29, 0.717) is 22.5 Å². The third kappa shape index (κ3) is 4.66. The smallest absolute Gasteiger partial charge is 0.405 e. The topological polar surface area (TPSA) is 12.5 Å². The van der Waals surface area contributed by atoms with Gasteiger partial charge in [0.2, 0.25) is 0 Å². The highest BCUT2D eigenvalue weighted by Crippen LogP contribution is 2.31. The molecule has 0 aromatic heterocycles. The van der Waals surface area contributed by atoms with E-state index in [1.807, 2.05) is 0 Å². The van der Waals surface area contributed by atoms with Crippen LogP contribution in [0.2, 0.25) is 0 Å². The Morgan fingerprint density at radius 1 is 1.30 bits per heavy atom. The summed E-state index contributed by atoms with van der Waals surface area (Å²) < 4.78 is 42.0. The Bertz CT molecular complexity index is 456. The molecule has 112 valence electrons. The van der Waals surface area contributed by atoms with E-state index in [9.17, 15) is 13.2 Å². The second-order valence-electron chi connectivity index (χ2n) is 5.26. The first kappa shape index (κ1) is 15.6. The molecule has 0 saturated carbocycles. The minimum atomic E-state index is -4.66. The first-order valence-corrected chi connectivity index (χ1v) is 7.39. The molecular weight excluding hydrogens is 335 g/mol. The molecule has 0 unspecified atom stereocenters. The molecule has 1 saturated heterocycles. The third-order valence-corrected chi connectivity index (χ3v) is 4.02. The Labute approximate surface area is 125 Å². The molecule has 1 aliphatic rings. The molecule has 1 fully saturated rings. The van der Waals surface area contributed by atoms with E-state index in [4.69, 9.17) is 0 Å². The van der Waals surface area contributed by atoms with Crippen LogP contribution in [0, 0.1) is 5.92 Å². The number of likely N-dealkylation sites (tertiary alicyclic amines) is 1. The lowest BCUT2D eigenvalue weighted by molar-refractivity contribution is -0.275. The normalized spacial score (nSPS) is 18.2. The van der Waals surface area contributed by atoms with Gasteiger partial charge >= 0.3 is 6.36 Å². The van der Waals surface area contributed by atoms with Gasteiger partial charge in [-0.3, -0.25) is 4.90 Å². The van der Waals surface area contributed by atoms with Crippen molar-refractivity contribution in [2.45, 2.75) is 32.7 Å². The van der Waals surface area contributed by atoms with E-state index >= 15 is 0 Å². The van der Waals surface area contributed by atoms with Gasteiger partial charge in [0.1, 0.15) is 5.75 Å². The second kappa shape index (κ2) is 6.35. The fourth-order valence-electron chi connectivity index (χ4n) is 2.34. The SMILES string of the molecule is CC1CCN(Cc2ccc(Br)cc2OC(F)(F)F)CC1. The first-order valence-electron chi connectivity index (χ1n) is 6.60. The number of hydrogen-bond donors (Lipinski definition) is 0. The summed E-state index contributed by atoms with van der Waals surface area (Å²) in [4.78, 5) is 2.17. The molecule has 0 spiro atoms. The fraction of sp³-hybridized carbons (Fsp3) is 0.571. The van der Waals surface area contributed by atoms with E-state index < -0.39 is 6.36 Å². The molecule has 0 radical (unpaired) electrons. The number of benzene rings is 1. The van der Waals surface area contributed by atoms with E-state index in [1.165, 1.54) is 6.07 Å². The molecule has 2 rings (SSSR count). The molecule has 0 N–H and O–H groups in total. The van der Waals surface area contributed by atoms with Gasteiger partial charge in [-0.15, -0.1) is 13.2 Å². The van der Waals surface area contributed by atoms with E-state index in [1.54, 1.807) is 12.1 Å². The summed E-state index contributed by atoms with van der Waals surface area (Å²) >= 11 is 3.18. The number of halogens is 4. The zero-order chi connectivity index (χ0) is 14.8. The zero-order valence-electron chi connectivity index (χ0n) is 11.2. The van der Waals surface area contributed by atoms with Crippen molar-refractivity contribution in [3.05, 3.63) is 28.2 Å². The summed E-state index contributed by atoms with van der Waals surface area (Å²) in [5, 5.41) is 0. The maximum absolute atomic E-state index is 12.4. The maximum Gasteiger partial charge on any atom is 0.573 e.